The summed E-state index contributed by atoms with van der Waals surface area (Å²) in [4.78, 5) is 24.5. The van der Waals surface area contributed by atoms with Crippen LogP contribution in [0.4, 0.5) is 5.82 Å². The molecular formula is C20H27N5O5S. The number of esters is 1. The molecule has 2 heterocycles. The average molecular weight is 450 g/mol. The summed E-state index contributed by atoms with van der Waals surface area (Å²) in [6.45, 7) is 5.81. The van der Waals surface area contributed by atoms with E-state index in [4.69, 9.17) is 9.47 Å². The zero-order valence-electron chi connectivity index (χ0n) is 17.7. The van der Waals surface area contributed by atoms with Gasteiger partial charge in [0.05, 0.1) is 17.1 Å². The third-order valence-corrected chi connectivity index (χ3v) is 6.25. The highest BCUT2D eigenvalue weighted by Gasteiger charge is 2.17. The van der Waals surface area contributed by atoms with Gasteiger partial charge in [0.15, 0.2) is 0 Å². The van der Waals surface area contributed by atoms with Crippen molar-refractivity contribution >= 4 is 21.8 Å². The molecule has 31 heavy (non-hydrogen) atoms. The fraction of sp³-hybridized carbons (Fsp3) is 0.450. The Morgan fingerprint density at radius 1 is 1.13 bits per heavy atom. The van der Waals surface area contributed by atoms with Crippen LogP contribution >= 0.6 is 0 Å². The molecule has 0 bridgehead atoms. The number of sulfonamides is 1. The van der Waals surface area contributed by atoms with E-state index in [2.05, 4.69) is 31.5 Å². The normalized spacial score (nSPS) is 15.0. The van der Waals surface area contributed by atoms with Crippen LogP contribution in [-0.4, -0.2) is 82.2 Å². The van der Waals surface area contributed by atoms with Gasteiger partial charge in [0, 0.05) is 38.8 Å². The van der Waals surface area contributed by atoms with Gasteiger partial charge in [0.2, 0.25) is 15.9 Å². The second-order valence-electron chi connectivity index (χ2n) is 7.00. The summed E-state index contributed by atoms with van der Waals surface area (Å²) >= 11 is 0. The van der Waals surface area contributed by atoms with Crippen LogP contribution in [0.3, 0.4) is 0 Å². The van der Waals surface area contributed by atoms with Crippen molar-refractivity contribution in [3.63, 3.8) is 0 Å². The molecule has 11 heteroatoms. The molecule has 1 aromatic heterocycles. The number of aromatic nitrogens is 2. The molecule has 1 aliphatic heterocycles. The third kappa shape index (κ3) is 6.36. The Morgan fingerprint density at radius 3 is 2.52 bits per heavy atom. The molecule has 0 atom stereocenters. The molecule has 0 aliphatic carbocycles. The van der Waals surface area contributed by atoms with Crippen LogP contribution in [0.15, 0.2) is 41.6 Å². The van der Waals surface area contributed by atoms with E-state index in [0.29, 0.717) is 11.4 Å². The van der Waals surface area contributed by atoms with Crippen LogP contribution in [-0.2, 0) is 14.8 Å². The van der Waals surface area contributed by atoms with E-state index in [9.17, 15) is 13.2 Å². The molecule has 1 saturated heterocycles. The predicted octanol–water partition coefficient (Wildman–Crippen LogP) is 0.762. The number of hydrogen-bond donors (Lipinski definition) is 1. The van der Waals surface area contributed by atoms with Crippen molar-refractivity contribution < 1.29 is 22.7 Å². The molecule has 10 nitrogen and oxygen atoms in total. The van der Waals surface area contributed by atoms with Gasteiger partial charge in [-0.2, -0.15) is 0 Å². The van der Waals surface area contributed by atoms with E-state index >= 15 is 0 Å². The van der Waals surface area contributed by atoms with E-state index in [-0.39, 0.29) is 24.7 Å². The standard InChI is InChI=1S/C20H27N5O5S/c1-3-29-20(26)16-4-6-17(7-5-16)31(27,28)23-8-13-30-19-14-18(21-15-22-19)25-11-9-24(2)10-12-25/h4-7,14-15,23H,3,8-13H2,1-2H3. The number of carbonyl (C=O) groups excluding carboxylic acids is 1. The lowest BCUT2D eigenvalue weighted by molar-refractivity contribution is 0.0526. The van der Waals surface area contributed by atoms with Crippen molar-refractivity contribution in [3.8, 4) is 5.88 Å². The number of benzene rings is 1. The van der Waals surface area contributed by atoms with E-state index in [1.165, 1.54) is 30.6 Å². The second-order valence-corrected chi connectivity index (χ2v) is 8.76. The van der Waals surface area contributed by atoms with E-state index in [1.54, 1.807) is 13.0 Å². The minimum Gasteiger partial charge on any atom is -0.476 e. The van der Waals surface area contributed by atoms with Crippen molar-refractivity contribution in [2.24, 2.45) is 0 Å². The first-order valence-electron chi connectivity index (χ1n) is 10.0. The third-order valence-electron chi connectivity index (χ3n) is 4.77. The van der Waals surface area contributed by atoms with Crippen LogP contribution in [0.5, 0.6) is 5.88 Å². The van der Waals surface area contributed by atoms with Gasteiger partial charge in [-0.05, 0) is 38.2 Å². The van der Waals surface area contributed by atoms with Gasteiger partial charge in [-0.15, -0.1) is 0 Å². The summed E-state index contributed by atoms with van der Waals surface area (Å²) < 4.78 is 37.8. The van der Waals surface area contributed by atoms with Crippen LogP contribution in [0.25, 0.3) is 0 Å². The lowest BCUT2D eigenvalue weighted by atomic mass is 10.2. The van der Waals surface area contributed by atoms with Gasteiger partial charge >= 0.3 is 5.97 Å². The van der Waals surface area contributed by atoms with Gasteiger partial charge in [0.1, 0.15) is 18.8 Å². The quantitative estimate of drug-likeness (QED) is 0.438. The Bertz CT molecular complexity index is 976. The van der Waals surface area contributed by atoms with Gasteiger partial charge in [0.25, 0.3) is 0 Å². The molecule has 1 aliphatic rings. The molecule has 2 aromatic rings. The minimum atomic E-state index is -3.73. The van der Waals surface area contributed by atoms with Crippen molar-refractivity contribution in [2.75, 3.05) is 57.9 Å². The largest absolute Gasteiger partial charge is 0.476 e. The SMILES string of the molecule is CCOC(=O)c1ccc(S(=O)(=O)NCCOc2cc(N3CCN(C)CC3)ncn2)cc1. The molecule has 1 fully saturated rings. The maximum atomic E-state index is 12.4. The highest BCUT2D eigenvalue weighted by molar-refractivity contribution is 7.89. The molecule has 0 saturated carbocycles. The number of nitrogens with zero attached hydrogens (tertiary/aromatic N) is 4. The zero-order valence-corrected chi connectivity index (χ0v) is 18.5. The Kier molecular flexibility index (Phi) is 7.77. The fourth-order valence-electron chi connectivity index (χ4n) is 3.02. The maximum absolute atomic E-state index is 12.4. The first-order chi connectivity index (χ1) is 14.9. The first-order valence-corrected chi connectivity index (χ1v) is 11.5. The smallest absolute Gasteiger partial charge is 0.338 e. The number of ether oxygens (including phenoxy) is 2. The number of carbonyl (C=O) groups is 1. The number of rotatable bonds is 9. The second kappa shape index (κ2) is 10.5. The number of hydrogen-bond acceptors (Lipinski definition) is 9. The Balaban J connectivity index is 1.50. The minimum absolute atomic E-state index is 0.0555. The molecule has 1 N–H and O–H groups in total. The molecular weight excluding hydrogens is 422 g/mol. The van der Waals surface area contributed by atoms with Crippen LogP contribution in [0, 0.1) is 0 Å². The summed E-state index contributed by atoms with van der Waals surface area (Å²) in [5, 5.41) is 0. The van der Waals surface area contributed by atoms with Gasteiger partial charge in [-0.3, -0.25) is 0 Å². The number of nitrogens with one attached hydrogen (secondary N) is 1. The predicted molar refractivity (Wildman–Crippen MR) is 115 cm³/mol. The van der Waals surface area contributed by atoms with Gasteiger partial charge < -0.3 is 19.3 Å². The van der Waals surface area contributed by atoms with Crippen LogP contribution in [0.1, 0.15) is 17.3 Å². The fourth-order valence-corrected chi connectivity index (χ4v) is 4.03. The summed E-state index contributed by atoms with van der Waals surface area (Å²) in [6.07, 6.45) is 1.44. The number of piperazine rings is 1. The lowest BCUT2D eigenvalue weighted by Gasteiger charge is -2.33. The van der Waals surface area contributed by atoms with E-state index in [1.807, 2.05) is 0 Å². The number of anilines is 1. The van der Waals surface area contributed by atoms with Gasteiger partial charge in [-0.1, -0.05) is 0 Å². The molecule has 0 radical (unpaired) electrons. The molecule has 1 aromatic carbocycles. The summed E-state index contributed by atoms with van der Waals surface area (Å²) in [6, 6.07) is 7.33. The molecule has 0 unspecified atom stereocenters. The summed E-state index contributed by atoms with van der Waals surface area (Å²) in [5.74, 6) is 0.691. The maximum Gasteiger partial charge on any atom is 0.338 e. The first kappa shape index (κ1) is 22.9. The van der Waals surface area contributed by atoms with Crippen LogP contribution < -0.4 is 14.4 Å². The van der Waals surface area contributed by atoms with Crippen molar-refractivity contribution in [3.05, 3.63) is 42.2 Å². The lowest BCUT2D eigenvalue weighted by Crippen LogP contribution is -2.44. The molecule has 0 amide bonds. The van der Waals surface area contributed by atoms with E-state index < -0.39 is 16.0 Å². The zero-order chi connectivity index (χ0) is 22.3. The Hall–Kier alpha value is -2.76. The van der Waals surface area contributed by atoms with Crippen LogP contribution in [0.2, 0.25) is 0 Å². The molecule has 168 valence electrons. The van der Waals surface area contributed by atoms with Crippen molar-refractivity contribution in [2.45, 2.75) is 11.8 Å². The summed E-state index contributed by atoms with van der Waals surface area (Å²) in [5.41, 5.74) is 0.295. The topological polar surface area (TPSA) is 114 Å². The average Bonchev–Trinajstić information content (AvgIpc) is 2.78. The Labute approximate surface area is 182 Å². The van der Waals surface area contributed by atoms with Crippen molar-refractivity contribution in [1.29, 1.82) is 0 Å². The monoisotopic (exact) mass is 449 g/mol. The van der Waals surface area contributed by atoms with Crippen molar-refractivity contribution in [1.82, 2.24) is 19.6 Å². The highest BCUT2D eigenvalue weighted by Crippen LogP contribution is 2.17. The Morgan fingerprint density at radius 2 is 1.84 bits per heavy atom. The summed E-state index contributed by atoms with van der Waals surface area (Å²) in [7, 11) is -1.64. The van der Waals surface area contributed by atoms with E-state index in [0.717, 1.165) is 32.0 Å². The highest BCUT2D eigenvalue weighted by atomic mass is 32.2. The van der Waals surface area contributed by atoms with Gasteiger partial charge in [-0.25, -0.2) is 27.9 Å². The number of likely N-dealkylation sites (N-methyl/N-ethyl adjacent to an activating group) is 1. The molecule has 3 rings (SSSR count). The molecule has 0 spiro atoms.